The molecule has 1 atom stereocenters. The average molecular weight is 196 g/mol. The fourth-order valence-electron chi connectivity index (χ4n) is 1.98. The molecule has 0 aromatic heterocycles. The van der Waals surface area contributed by atoms with E-state index in [4.69, 9.17) is 10.00 Å². The molecule has 1 rings (SSSR count). The lowest BCUT2D eigenvalue weighted by Gasteiger charge is -2.39. The molecule has 3 heteroatoms. The Morgan fingerprint density at radius 3 is 2.86 bits per heavy atom. The number of hydrogen-bond donors (Lipinski definition) is 0. The first kappa shape index (κ1) is 11.5. The molecule has 80 valence electrons. The lowest BCUT2D eigenvalue weighted by molar-refractivity contribution is -0.0796. The van der Waals surface area contributed by atoms with Crippen LogP contribution in [0.3, 0.4) is 0 Å². The molecule has 0 N–H and O–H groups in total. The van der Waals surface area contributed by atoms with E-state index >= 15 is 0 Å². The molecule has 1 heterocycles. The summed E-state index contributed by atoms with van der Waals surface area (Å²) in [6.45, 7) is 5.99. The zero-order chi connectivity index (χ0) is 10.6. The van der Waals surface area contributed by atoms with Crippen LogP contribution in [0.5, 0.6) is 0 Å². The van der Waals surface area contributed by atoms with E-state index < -0.39 is 0 Å². The van der Waals surface area contributed by atoms with E-state index in [0.29, 0.717) is 12.5 Å². The summed E-state index contributed by atoms with van der Waals surface area (Å²) in [5.74, 6) is 0. The van der Waals surface area contributed by atoms with E-state index in [1.54, 1.807) is 0 Å². The highest BCUT2D eigenvalue weighted by atomic mass is 16.5. The molecule has 0 amide bonds. The Hall–Kier alpha value is -0.590. The highest BCUT2D eigenvalue weighted by Crippen LogP contribution is 2.26. The van der Waals surface area contributed by atoms with Crippen LogP contribution in [0.1, 0.15) is 33.1 Å². The molecule has 1 unspecified atom stereocenters. The predicted octanol–water partition coefficient (Wildman–Crippen LogP) is 1.79. The second kappa shape index (κ2) is 4.77. The molecule has 0 saturated carbocycles. The van der Waals surface area contributed by atoms with Gasteiger partial charge in [-0.2, -0.15) is 5.26 Å². The zero-order valence-electron chi connectivity index (χ0n) is 9.42. The van der Waals surface area contributed by atoms with Gasteiger partial charge in [0.15, 0.2) is 0 Å². The van der Waals surface area contributed by atoms with Crippen molar-refractivity contribution in [3.8, 4) is 6.07 Å². The van der Waals surface area contributed by atoms with Crippen LogP contribution in [-0.4, -0.2) is 36.7 Å². The number of ether oxygens (including phenoxy) is 1. The summed E-state index contributed by atoms with van der Waals surface area (Å²) in [7, 11) is 2.10. The van der Waals surface area contributed by atoms with Crippen LogP contribution in [-0.2, 0) is 4.74 Å². The van der Waals surface area contributed by atoms with Gasteiger partial charge in [0, 0.05) is 25.6 Å². The van der Waals surface area contributed by atoms with Crippen molar-refractivity contribution < 1.29 is 4.74 Å². The summed E-state index contributed by atoms with van der Waals surface area (Å²) in [6, 6.07) is 2.76. The van der Waals surface area contributed by atoms with Crippen molar-refractivity contribution in [3.63, 3.8) is 0 Å². The number of nitriles is 1. The van der Waals surface area contributed by atoms with Crippen LogP contribution in [0, 0.1) is 11.3 Å². The third-order valence-corrected chi connectivity index (χ3v) is 2.87. The molecule has 0 bridgehead atoms. The van der Waals surface area contributed by atoms with Gasteiger partial charge in [0.1, 0.15) is 0 Å². The first-order chi connectivity index (χ1) is 6.55. The lowest BCUT2D eigenvalue weighted by Crippen LogP contribution is -2.44. The van der Waals surface area contributed by atoms with Gasteiger partial charge in [0.2, 0.25) is 0 Å². The molecule has 1 aliphatic rings. The molecule has 1 saturated heterocycles. The summed E-state index contributed by atoms with van der Waals surface area (Å²) in [6.07, 6.45) is 2.77. The van der Waals surface area contributed by atoms with Gasteiger partial charge < -0.3 is 9.64 Å². The van der Waals surface area contributed by atoms with Gasteiger partial charge in [-0.3, -0.25) is 0 Å². The second-order valence-electron chi connectivity index (χ2n) is 4.64. The predicted molar refractivity (Wildman–Crippen MR) is 55.9 cm³/mol. The van der Waals surface area contributed by atoms with Gasteiger partial charge >= 0.3 is 0 Å². The first-order valence-electron chi connectivity index (χ1n) is 5.26. The first-order valence-corrected chi connectivity index (χ1v) is 5.26. The van der Waals surface area contributed by atoms with E-state index in [1.165, 1.54) is 0 Å². The van der Waals surface area contributed by atoms with Gasteiger partial charge in [-0.15, -0.1) is 0 Å². The van der Waals surface area contributed by atoms with E-state index in [2.05, 4.69) is 31.9 Å². The number of nitrogens with zero attached hydrogens (tertiary/aromatic N) is 2. The van der Waals surface area contributed by atoms with Gasteiger partial charge in [-0.05, 0) is 33.7 Å². The monoisotopic (exact) mass is 196 g/mol. The largest absolute Gasteiger partial charge is 0.375 e. The third-order valence-electron chi connectivity index (χ3n) is 2.87. The SMILES string of the molecule is CN(CCC#N)C1CCOC(C)(C)C1. The van der Waals surface area contributed by atoms with Crippen LogP contribution in [0.15, 0.2) is 0 Å². The molecule has 0 spiro atoms. The molecule has 0 aromatic carbocycles. The van der Waals surface area contributed by atoms with Crippen LogP contribution in [0.25, 0.3) is 0 Å². The summed E-state index contributed by atoms with van der Waals surface area (Å²) in [5, 5.41) is 8.51. The van der Waals surface area contributed by atoms with Crippen molar-refractivity contribution in [3.05, 3.63) is 0 Å². The van der Waals surface area contributed by atoms with Crippen molar-refractivity contribution in [2.75, 3.05) is 20.2 Å². The average Bonchev–Trinajstić information content (AvgIpc) is 2.12. The molecule has 0 aliphatic carbocycles. The van der Waals surface area contributed by atoms with Gasteiger partial charge in [-0.25, -0.2) is 0 Å². The fourth-order valence-corrected chi connectivity index (χ4v) is 1.98. The highest BCUT2D eigenvalue weighted by Gasteiger charge is 2.30. The molecule has 1 fully saturated rings. The van der Waals surface area contributed by atoms with Crippen molar-refractivity contribution >= 4 is 0 Å². The minimum Gasteiger partial charge on any atom is -0.375 e. The van der Waals surface area contributed by atoms with Crippen molar-refractivity contribution in [2.45, 2.75) is 44.8 Å². The van der Waals surface area contributed by atoms with Gasteiger partial charge in [0.25, 0.3) is 0 Å². The summed E-state index contributed by atoms with van der Waals surface area (Å²) in [5.41, 5.74) is 0.00379. The standard InChI is InChI=1S/C11H20N2O/c1-11(2)9-10(5-8-14-11)13(3)7-4-6-12/h10H,4-5,7-9H2,1-3H3. The Morgan fingerprint density at radius 2 is 2.29 bits per heavy atom. The Bertz CT molecular complexity index is 220. The third kappa shape index (κ3) is 3.28. The van der Waals surface area contributed by atoms with E-state index in [9.17, 15) is 0 Å². The van der Waals surface area contributed by atoms with Crippen LogP contribution < -0.4 is 0 Å². The molecular formula is C11H20N2O. The zero-order valence-corrected chi connectivity index (χ0v) is 9.42. The lowest BCUT2D eigenvalue weighted by atomic mass is 9.93. The van der Waals surface area contributed by atoms with Gasteiger partial charge in [-0.1, -0.05) is 0 Å². The van der Waals surface area contributed by atoms with E-state index in [-0.39, 0.29) is 5.60 Å². The summed E-state index contributed by atoms with van der Waals surface area (Å²) >= 11 is 0. The highest BCUT2D eigenvalue weighted by molar-refractivity contribution is 4.84. The maximum atomic E-state index is 8.51. The Kier molecular flexibility index (Phi) is 3.91. The normalized spacial score (nSPS) is 26.1. The van der Waals surface area contributed by atoms with Crippen molar-refractivity contribution in [1.82, 2.24) is 4.90 Å². The topological polar surface area (TPSA) is 36.3 Å². The molecule has 0 radical (unpaired) electrons. The second-order valence-corrected chi connectivity index (χ2v) is 4.64. The Morgan fingerprint density at radius 1 is 1.57 bits per heavy atom. The van der Waals surface area contributed by atoms with Crippen LogP contribution in [0.2, 0.25) is 0 Å². The number of rotatable bonds is 3. The van der Waals surface area contributed by atoms with E-state index in [1.807, 2.05) is 0 Å². The fraction of sp³-hybridized carbons (Fsp3) is 0.909. The smallest absolute Gasteiger partial charge is 0.0641 e. The van der Waals surface area contributed by atoms with Crippen LogP contribution >= 0.6 is 0 Å². The van der Waals surface area contributed by atoms with Crippen molar-refractivity contribution in [2.24, 2.45) is 0 Å². The number of hydrogen-bond acceptors (Lipinski definition) is 3. The summed E-state index contributed by atoms with van der Waals surface area (Å²) < 4.78 is 5.66. The molecule has 1 aliphatic heterocycles. The quantitative estimate of drug-likeness (QED) is 0.690. The Balaban J connectivity index is 2.40. The summed E-state index contributed by atoms with van der Waals surface area (Å²) in [4.78, 5) is 2.29. The molecule has 14 heavy (non-hydrogen) atoms. The molecule has 0 aromatic rings. The maximum Gasteiger partial charge on any atom is 0.0641 e. The van der Waals surface area contributed by atoms with Gasteiger partial charge in [0.05, 0.1) is 11.7 Å². The molecular weight excluding hydrogens is 176 g/mol. The minimum atomic E-state index is 0.00379. The maximum absolute atomic E-state index is 8.51. The minimum absolute atomic E-state index is 0.00379. The Labute approximate surface area is 86.6 Å². The van der Waals surface area contributed by atoms with E-state index in [0.717, 1.165) is 26.0 Å². The van der Waals surface area contributed by atoms with Crippen molar-refractivity contribution in [1.29, 1.82) is 5.26 Å². The molecule has 3 nitrogen and oxygen atoms in total. The van der Waals surface area contributed by atoms with Crippen LogP contribution in [0.4, 0.5) is 0 Å².